The molecule has 0 aliphatic rings. The van der Waals surface area contributed by atoms with Gasteiger partial charge in [0, 0.05) is 6.92 Å². The molecule has 0 amide bonds. The van der Waals surface area contributed by atoms with Crippen LogP contribution in [0.1, 0.15) is 19.8 Å². The van der Waals surface area contributed by atoms with Gasteiger partial charge in [-0.3, -0.25) is 0 Å². The summed E-state index contributed by atoms with van der Waals surface area (Å²) >= 11 is 0. The van der Waals surface area contributed by atoms with Crippen molar-refractivity contribution in [1.82, 2.24) is 0 Å². The fraction of sp³-hybridized carbons (Fsp3) is 0.833. The highest BCUT2D eigenvalue weighted by Gasteiger charge is 2.26. The molecule has 0 aromatic heterocycles. The van der Waals surface area contributed by atoms with Crippen LogP contribution in [0.25, 0.3) is 4.85 Å². The zero-order chi connectivity index (χ0) is 8.04. The Balaban J connectivity index is 3.37. The van der Waals surface area contributed by atoms with Gasteiger partial charge in [0.25, 0.3) is 12.6 Å². The molecular weight excluding hydrogens is 143 g/mol. The first-order valence-electron chi connectivity index (χ1n) is 3.02. The van der Waals surface area contributed by atoms with Crippen LogP contribution in [0.15, 0.2) is 0 Å². The van der Waals surface area contributed by atoms with Crippen LogP contribution >= 0.6 is 0 Å². The molecule has 0 aliphatic carbocycles. The molecule has 0 saturated heterocycles. The summed E-state index contributed by atoms with van der Waals surface area (Å²) in [6.07, 6.45) is -5.02. The molecule has 0 atom stereocenters. The van der Waals surface area contributed by atoms with Crippen molar-refractivity contribution in [2.24, 2.45) is 0 Å². The number of hydrogen-bond acceptors (Lipinski definition) is 0. The van der Waals surface area contributed by atoms with E-state index >= 15 is 0 Å². The first-order valence-corrected chi connectivity index (χ1v) is 3.02. The van der Waals surface area contributed by atoms with E-state index in [1.165, 1.54) is 0 Å². The van der Waals surface area contributed by atoms with E-state index in [2.05, 4.69) is 10.9 Å². The third-order valence-corrected chi connectivity index (χ3v) is 0.790. The molecule has 0 fully saturated rings. The highest BCUT2D eigenvalue weighted by atomic mass is 19.4. The Morgan fingerprint density at radius 2 is 2.00 bits per heavy atom. The van der Waals surface area contributed by atoms with E-state index in [0.717, 1.165) is 0 Å². The molecule has 0 aliphatic heterocycles. The van der Waals surface area contributed by atoms with Gasteiger partial charge in [0.2, 0.25) is 0 Å². The number of alkyl halides is 3. The SMILES string of the molecule is CC[N+]#CCCC(F)(F)F. The Hall–Kier alpha value is -0.720. The Bertz CT molecular complexity index is 139. The van der Waals surface area contributed by atoms with Crippen molar-refractivity contribution in [2.75, 3.05) is 6.54 Å². The van der Waals surface area contributed by atoms with Crippen LogP contribution in [0.2, 0.25) is 0 Å². The van der Waals surface area contributed by atoms with Crippen molar-refractivity contribution in [3.63, 3.8) is 0 Å². The van der Waals surface area contributed by atoms with Gasteiger partial charge in [-0.05, 0) is 0 Å². The molecule has 0 radical (unpaired) electrons. The van der Waals surface area contributed by atoms with Crippen molar-refractivity contribution < 1.29 is 13.2 Å². The Morgan fingerprint density at radius 3 is 2.40 bits per heavy atom. The summed E-state index contributed by atoms with van der Waals surface area (Å²) in [7, 11) is 0. The molecule has 0 aromatic rings. The van der Waals surface area contributed by atoms with E-state index < -0.39 is 12.6 Å². The van der Waals surface area contributed by atoms with Crippen LogP contribution in [-0.2, 0) is 0 Å². The highest BCUT2D eigenvalue weighted by Crippen LogP contribution is 2.20. The largest absolute Gasteiger partial charge is 0.390 e. The molecule has 0 spiro atoms. The Labute approximate surface area is 57.7 Å². The second-order valence-corrected chi connectivity index (χ2v) is 1.75. The monoisotopic (exact) mass is 152 g/mol. The average Bonchev–Trinajstić information content (AvgIpc) is 1.78. The molecule has 10 heavy (non-hydrogen) atoms. The van der Waals surface area contributed by atoms with Crippen LogP contribution in [0.5, 0.6) is 0 Å². The standard InChI is InChI=1S/C6H9F3N/c1-2-10-5-3-4-6(7,8)9/h2-4H2,1H3/q+1. The summed E-state index contributed by atoms with van der Waals surface area (Å²) in [6.45, 7) is 2.25. The van der Waals surface area contributed by atoms with Gasteiger partial charge in [-0.1, -0.05) is 4.85 Å². The van der Waals surface area contributed by atoms with E-state index in [-0.39, 0.29) is 6.42 Å². The minimum atomic E-state index is -4.07. The maximum atomic E-state index is 11.4. The van der Waals surface area contributed by atoms with Gasteiger partial charge in [-0.15, -0.1) is 0 Å². The van der Waals surface area contributed by atoms with Crippen molar-refractivity contribution in [1.29, 1.82) is 0 Å². The number of hydrogen-bond donors (Lipinski definition) is 0. The minimum absolute atomic E-state index is 0.128. The van der Waals surface area contributed by atoms with Crippen molar-refractivity contribution >= 4 is 0 Å². The number of nitrogens with zero attached hydrogens (tertiary/aromatic N) is 1. The first kappa shape index (κ1) is 9.28. The molecule has 1 nitrogen and oxygen atoms in total. The Morgan fingerprint density at radius 1 is 1.40 bits per heavy atom. The van der Waals surface area contributed by atoms with Gasteiger partial charge in [-0.2, -0.15) is 13.2 Å². The molecule has 0 unspecified atom stereocenters. The molecule has 0 heterocycles. The quantitative estimate of drug-likeness (QED) is 0.544. The molecule has 0 bridgehead atoms. The maximum Gasteiger partial charge on any atom is 0.390 e. The molecular formula is C6H9F3N+. The molecule has 4 heteroatoms. The van der Waals surface area contributed by atoms with Gasteiger partial charge in [0.05, 0.1) is 12.8 Å². The fourth-order valence-electron chi connectivity index (χ4n) is 0.388. The molecule has 0 rings (SSSR count). The van der Waals surface area contributed by atoms with Crippen LogP contribution in [0.3, 0.4) is 0 Å². The van der Waals surface area contributed by atoms with Gasteiger partial charge in [0.1, 0.15) is 0 Å². The second-order valence-electron chi connectivity index (χ2n) is 1.75. The summed E-state index contributed by atoms with van der Waals surface area (Å²) < 4.78 is 34.2. The van der Waals surface area contributed by atoms with E-state index in [1.807, 2.05) is 0 Å². The summed E-state index contributed by atoms with van der Waals surface area (Å²) in [5.74, 6) is 0. The third kappa shape index (κ3) is 7.28. The smallest absolute Gasteiger partial charge is 0.171 e. The van der Waals surface area contributed by atoms with Gasteiger partial charge < -0.3 is 0 Å². The lowest BCUT2D eigenvalue weighted by molar-refractivity contribution is -0.133. The predicted molar refractivity (Wildman–Crippen MR) is 33.1 cm³/mol. The summed E-state index contributed by atoms with van der Waals surface area (Å²) in [4.78, 5) is 3.52. The zero-order valence-corrected chi connectivity index (χ0v) is 5.70. The van der Waals surface area contributed by atoms with E-state index in [9.17, 15) is 13.2 Å². The third-order valence-electron chi connectivity index (χ3n) is 0.790. The van der Waals surface area contributed by atoms with Crippen LogP contribution in [0, 0.1) is 6.07 Å². The predicted octanol–water partition coefficient (Wildman–Crippen LogP) is 2.68. The van der Waals surface area contributed by atoms with E-state index in [4.69, 9.17) is 0 Å². The maximum absolute atomic E-state index is 11.4. The van der Waals surface area contributed by atoms with Crippen molar-refractivity contribution in [3.05, 3.63) is 4.85 Å². The molecule has 0 N–H and O–H groups in total. The summed E-state index contributed by atoms with van der Waals surface area (Å²) in [6, 6.07) is 2.30. The number of halogens is 3. The van der Waals surface area contributed by atoms with Crippen LogP contribution in [-0.4, -0.2) is 12.7 Å². The van der Waals surface area contributed by atoms with Crippen molar-refractivity contribution in [3.8, 4) is 6.07 Å². The first-order chi connectivity index (χ1) is 4.56. The Kier molecular flexibility index (Phi) is 3.85. The summed E-state index contributed by atoms with van der Waals surface area (Å²) in [5, 5.41) is 0. The summed E-state index contributed by atoms with van der Waals surface area (Å²) in [5.41, 5.74) is 0. The van der Waals surface area contributed by atoms with Crippen LogP contribution < -0.4 is 0 Å². The lowest BCUT2D eigenvalue weighted by atomic mass is 10.3. The van der Waals surface area contributed by atoms with E-state index in [1.54, 1.807) is 6.92 Å². The lowest BCUT2D eigenvalue weighted by Crippen LogP contribution is -2.05. The average molecular weight is 152 g/mol. The van der Waals surface area contributed by atoms with Gasteiger partial charge in [-0.25, -0.2) is 0 Å². The van der Waals surface area contributed by atoms with Crippen LogP contribution in [0.4, 0.5) is 13.2 Å². The minimum Gasteiger partial charge on any atom is -0.171 e. The second kappa shape index (κ2) is 4.15. The molecule has 58 valence electrons. The zero-order valence-electron chi connectivity index (χ0n) is 5.70. The van der Waals surface area contributed by atoms with E-state index in [0.29, 0.717) is 6.54 Å². The number of rotatable bonds is 1. The van der Waals surface area contributed by atoms with Gasteiger partial charge in [0.15, 0.2) is 0 Å². The highest BCUT2D eigenvalue weighted by molar-refractivity contribution is 4.85. The van der Waals surface area contributed by atoms with Gasteiger partial charge >= 0.3 is 6.18 Å². The normalized spacial score (nSPS) is 10.4. The topological polar surface area (TPSA) is 4.36 Å². The van der Waals surface area contributed by atoms with Crippen molar-refractivity contribution in [2.45, 2.75) is 25.9 Å². The molecule has 0 aromatic carbocycles. The lowest BCUT2D eigenvalue weighted by Gasteiger charge is -1.98. The molecule has 0 saturated carbocycles. The fourth-order valence-corrected chi connectivity index (χ4v) is 0.388.